The normalized spacial score (nSPS) is 26.5. The Morgan fingerprint density at radius 3 is 2.80 bits per heavy atom. The Morgan fingerprint density at radius 2 is 2.15 bits per heavy atom. The van der Waals surface area contributed by atoms with Crippen molar-refractivity contribution in [3.8, 4) is 0 Å². The van der Waals surface area contributed by atoms with E-state index in [1.165, 1.54) is 31.7 Å². The number of benzene rings is 1. The average Bonchev–Trinajstić information content (AvgIpc) is 2.47. The van der Waals surface area contributed by atoms with Crippen molar-refractivity contribution in [3.63, 3.8) is 0 Å². The molecule has 1 aromatic carbocycles. The van der Waals surface area contributed by atoms with Crippen LogP contribution in [0, 0.1) is 17.7 Å². The van der Waals surface area contributed by atoms with Crippen LogP contribution in [0.1, 0.15) is 32.6 Å². The molecule has 1 N–H and O–H groups in total. The Balaban J connectivity index is 2.02. The molecule has 3 atom stereocenters. The molecule has 1 saturated carbocycles. The third-order valence-electron chi connectivity index (χ3n) is 4.80. The fourth-order valence-corrected chi connectivity index (χ4v) is 3.48. The van der Waals surface area contributed by atoms with Gasteiger partial charge in [0.2, 0.25) is 0 Å². The molecule has 0 aromatic heterocycles. The summed E-state index contributed by atoms with van der Waals surface area (Å²) in [5.74, 6) is 1.34. The highest BCUT2D eigenvalue weighted by molar-refractivity contribution is 5.45. The van der Waals surface area contributed by atoms with E-state index in [1.807, 2.05) is 6.07 Å². The summed E-state index contributed by atoms with van der Waals surface area (Å²) in [6.45, 7) is 3.28. The molecule has 0 amide bonds. The van der Waals surface area contributed by atoms with E-state index in [2.05, 4.69) is 31.2 Å². The van der Waals surface area contributed by atoms with Crippen LogP contribution in [0.5, 0.6) is 0 Å². The van der Waals surface area contributed by atoms with Crippen molar-refractivity contribution in [3.05, 3.63) is 30.1 Å². The van der Waals surface area contributed by atoms with Crippen LogP contribution in [0.15, 0.2) is 24.3 Å². The zero-order valence-corrected chi connectivity index (χ0v) is 12.9. The van der Waals surface area contributed by atoms with Gasteiger partial charge in [0.15, 0.2) is 0 Å². The quantitative estimate of drug-likeness (QED) is 0.884. The molecule has 112 valence electrons. The molecule has 0 saturated heterocycles. The van der Waals surface area contributed by atoms with Crippen molar-refractivity contribution in [1.82, 2.24) is 5.32 Å². The van der Waals surface area contributed by atoms with Gasteiger partial charge in [-0.3, -0.25) is 0 Å². The molecule has 0 spiro atoms. The second-order valence-electron chi connectivity index (χ2n) is 6.10. The number of hydrogen-bond acceptors (Lipinski definition) is 2. The number of nitrogens with one attached hydrogen (secondary N) is 1. The molecule has 3 heteroatoms. The summed E-state index contributed by atoms with van der Waals surface area (Å²) in [4.78, 5) is 2.19. The molecule has 1 aromatic rings. The highest BCUT2D eigenvalue weighted by atomic mass is 19.1. The monoisotopic (exact) mass is 278 g/mol. The van der Waals surface area contributed by atoms with Crippen LogP contribution in [0.3, 0.4) is 0 Å². The zero-order valence-electron chi connectivity index (χ0n) is 12.9. The smallest absolute Gasteiger partial charge is 0.125 e. The molecule has 0 radical (unpaired) electrons. The van der Waals surface area contributed by atoms with Crippen molar-refractivity contribution in [1.29, 1.82) is 0 Å². The van der Waals surface area contributed by atoms with E-state index >= 15 is 0 Å². The van der Waals surface area contributed by atoms with Gasteiger partial charge in [0.1, 0.15) is 5.82 Å². The van der Waals surface area contributed by atoms with Gasteiger partial charge < -0.3 is 10.2 Å². The Kier molecular flexibility index (Phi) is 5.41. The minimum atomic E-state index is -0.158. The second kappa shape index (κ2) is 7.07. The van der Waals surface area contributed by atoms with Crippen LogP contribution in [0.2, 0.25) is 0 Å². The van der Waals surface area contributed by atoms with E-state index in [4.69, 9.17) is 0 Å². The predicted octanol–water partition coefficient (Wildman–Crippen LogP) is 3.68. The van der Waals surface area contributed by atoms with Crippen LogP contribution in [-0.2, 0) is 0 Å². The molecule has 2 rings (SSSR count). The lowest BCUT2D eigenvalue weighted by molar-refractivity contribution is 0.210. The summed E-state index contributed by atoms with van der Waals surface area (Å²) in [5, 5.41) is 3.47. The SMILES string of the molecule is CCC1CCC(NC)C(CN(C)c2cccc(F)c2)C1. The Morgan fingerprint density at radius 1 is 1.35 bits per heavy atom. The summed E-state index contributed by atoms with van der Waals surface area (Å²) in [6.07, 6.45) is 5.15. The minimum absolute atomic E-state index is 0.158. The lowest BCUT2D eigenvalue weighted by atomic mass is 9.76. The van der Waals surface area contributed by atoms with Crippen LogP contribution in [0.25, 0.3) is 0 Å². The maximum Gasteiger partial charge on any atom is 0.125 e. The number of anilines is 1. The van der Waals surface area contributed by atoms with E-state index < -0.39 is 0 Å². The van der Waals surface area contributed by atoms with Gasteiger partial charge in [0.05, 0.1) is 0 Å². The first-order chi connectivity index (χ1) is 9.63. The molecular weight excluding hydrogens is 251 g/mol. The van der Waals surface area contributed by atoms with Gasteiger partial charge in [0.25, 0.3) is 0 Å². The zero-order chi connectivity index (χ0) is 14.5. The van der Waals surface area contributed by atoms with Crippen LogP contribution in [-0.4, -0.2) is 26.7 Å². The van der Waals surface area contributed by atoms with Crippen molar-refractivity contribution in [2.24, 2.45) is 11.8 Å². The van der Waals surface area contributed by atoms with Crippen molar-refractivity contribution < 1.29 is 4.39 Å². The Bertz CT molecular complexity index is 421. The largest absolute Gasteiger partial charge is 0.374 e. The summed E-state index contributed by atoms with van der Waals surface area (Å²) in [6, 6.07) is 7.48. The van der Waals surface area contributed by atoms with Crippen molar-refractivity contribution in [2.75, 3.05) is 25.5 Å². The van der Waals surface area contributed by atoms with Crippen molar-refractivity contribution >= 4 is 5.69 Å². The first-order valence-corrected chi connectivity index (χ1v) is 7.78. The predicted molar refractivity (Wildman–Crippen MR) is 83.6 cm³/mol. The second-order valence-corrected chi connectivity index (χ2v) is 6.10. The van der Waals surface area contributed by atoms with Crippen LogP contribution < -0.4 is 10.2 Å². The average molecular weight is 278 g/mol. The topological polar surface area (TPSA) is 15.3 Å². The summed E-state index contributed by atoms with van der Waals surface area (Å²) >= 11 is 0. The first-order valence-electron chi connectivity index (χ1n) is 7.78. The first kappa shape index (κ1) is 15.3. The maximum atomic E-state index is 13.3. The molecule has 0 heterocycles. The van der Waals surface area contributed by atoms with E-state index in [-0.39, 0.29) is 5.82 Å². The van der Waals surface area contributed by atoms with Gasteiger partial charge in [-0.25, -0.2) is 4.39 Å². The molecule has 1 aliphatic carbocycles. The van der Waals surface area contributed by atoms with E-state index in [0.717, 1.165) is 18.2 Å². The maximum absolute atomic E-state index is 13.3. The van der Waals surface area contributed by atoms with Gasteiger partial charge in [-0.1, -0.05) is 19.4 Å². The van der Waals surface area contributed by atoms with E-state index in [9.17, 15) is 4.39 Å². The molecular formula is C17H27FN2. The van der Waals surface area contributed by atoms with E-state index in [0.29, 0.717) is 12.0 Å². The lowest BCUT2D eigenvalue weighted by Gasteiger charge is -2.38. The molecule has 2 nitrogen and oxygen atoms in total. The van der Waals surface area contributed by atoms with Gasteiger partial charge >= 0.3 is 0 Å². The molecule has 20 heavy (non-hydrogen) atoms. The molecule has 0 aliphatic heterocycles. The fraction of sp³-hybridized carbons (Fsp3) is 0.647. The number of halogens is 1. The Hall–Kier alpha value is -1.09. The van der Waals surface area contributed by atoms with Gasteiger partial charge in [0, 0.05) is 25.3 Å². The fourth-order valence-electron chi connectivity index (χ4n) is 3.48. The van der Waals surface area contributed by atoms with Crippen molar-refractivity contribution in [2.45, 2.75) is 38.6 Å². The number of nitrogens with zero attached hydrogens (tertiary/aromatic N) is 1. The van der Waals surface area contributed by atoms with E-state index in [1.54, 1.807) is 12.1 Å². The summed E-state index contributed by atoms with van der Waals surface area (Å²) in [7, 11) is 4.13. The van der Waals surface area contributed by atoms with Crippen LogP contribution in [0.4, 0.5) is 10.1 Å². The summed E-state index contributed by atoms with van der Waals surface area (Å²) < 4.78 is 13.3. The minimum Gasteiger partial charge on any atom is -0.374 e. The highest BCUT2D eigenvalue weighted by Gasteiger charge is 2.29. The number of rotatable bonds is 5. The molecule has 0 bridgehead atoms. The molecule has 3 unspecified atom stereocenters. The summed E-state index contributed by atoms with van der Waals surface area (Å²) in [5.41, 5.74) is 0.971. The van der Waals surface area contributed by atoms with Crippen LogP contribution >= 0.6 is 0 Å². The Labute approximate surface area is 122 Å². The van der Waals surface area contributed by atoms with Gasteiger partial charge in [-0.2, -0.15) is 0 Å². The standard InChI is InChI=1S/C17H27FN2/c1-4-13-8-9-17(19-2)14(10-13)12-20(3)16-7-5-6-15(18)11-16/h5-7,11,13-14,17,19H,4,8-10,12H2,1-3H3. The third-order valence-corrected chi connectivity index (χ3v) is 4.80. The van der Waals surface area contributed by atoms with Gasteiger partial charge in [-0.05, 0) is 56.3 Å². The highest BCUT2D eigenvalue weighted by Crippen LogP contribution is 2.32. The molecule has 1 fully saturated rings. The lowest BCUT2D eigenvalue weighted by Crippen LogP contribution is -2.43. The number of hydrogen-bond donors (Lipinski definition) is 1. The van der Waals surface area contributed by atoms with Gasteiger partial charge in [-0.15, -0.1) is 0 Å². The third kappa shape index (κ3) is 3.72. The molecule has 1 aliphatic rings.